The third-order valence-corrected chi connectivity index (χ3v) is 5.55. The summed E-state index contributed by atoms with van der Waals surface area (Å²) in [6.07, 6.45) is 22.0. The quantitative estimate of drug-likeness (QED) is 0.157. The molecule has 0 saturated heterocycles. The molecule has 0 bridgehead atoms. The van der Waals surface area contributed by atoms with E-state index in [-0.39, 0.29) is 0 Å². The van der Waals surface area contributed by atoms with E-state index in [2.05, 4.69) is 6.92 Å². The standard InChI is InChI=1S/C23H46O4/c1-2-3-4-5-6-7-8-9-10-11-12-13-14-15-16-17-18-19-20-21(22(24)25)23(26)27/h21-22,24-25H,2-20H2,1H3,(H,26,27). The lowest BCUT2D eigenvalue weighted by Gasteiger charge is -2.13. The van der Waals surface area contributed by atoms with Crippen LogP contribution in [-0.2, 0) is 4.79 Å². The predicted molar refractivity (Wildman–Crippen MR) is 113 cm³/mol. The largest absolute Gasteiger partial charge is 0.481 e. The van der Waals surface area contributed by atoms with Crippen LogP contribution in [0.4, 0.5) is 0 Å². The Balaban J connectivity index is 3.18. The summed E-state index contributed by atoms with van der Waals surface area (Å²) in [7, 11) is 0. The number of hydrogen-bond acceptors (Lipinski definition) is 3. The highest BCUT2D eigenvalue weighted by molar-refractivity contribution is 5.70. The van der Waals surface area contributed by atoms with Crippen molar-refractivity contribution < 1.29 is 20.1 Å². The van der Waals surface area contributed by atoms with Crippen LogP contribution in [-0.4, -0.2) is 27.6 Å². The molecule has 0 saturated carbocycles. The van der Waals surface area contributed by atoms with Gasteiger partial charge in [-0.3, -0.25) is 4.79 Å². The van der Waals surface area contributed by atoms with E-state index in [4.69, 9.17) is 15.3 Å². The van der Waals surface area contributed by atoms with Crippen molar-refractivity contribution >= 4 is 5.97 Å². The van der Waals surface area contributed by atoms with Gasteiger partial charge in [-0.1, -0.05) is 122 Å². The summed E-state index contributed by atoms with van der Waals surface area (Å²) >= 11 is 0. The highest BCUT2D eigenvalue weighted by Gasteiger charge is 2.23. The van der Waals surface area contributed by atoms with Crippen LogP contribution in [0.5, 0.6) is 0 Å². The van der Waals surface area contributed by atoms with Gasteiger partial charge in [0, 0.05) is 0 Å². The number of carboxylic acids is 1. The minimum absolute atomic E-state index is 0.353. The number of hydrogen-bond donors (Lipinski definition) is 3. The molecule has 0 amide bonds. The number of carboxylic acid groups (broad SMARTS) is 1. The minimum Gasteiger partial charge on any atom is -0.481 e. The molecule has 1 atom stereocenters. The Bertz CT molecular complexity index is 318. The Morgan fingerprint density at radius 3 is 1.15 bits per heavy atom. The Morgan fingerprint density at radius 1 is 0.593 bits per heavy atom. The molecule has 0 aliphatic carbocycles. The average molecular weight is 387 g/mol. The molecule has 0 aromatic rings. The summed E-state index contributed by atoms with van der Waals surface area (Å²) in [5.74, 6) is -2.15. The van der Waals surface area contributed by atoms with Gasteiger partial charge in [-0.25, -0.2) is 0 Å². The summed E-state index contributed by atoms with van der Waals surface area (Å²) in [5, 5.41) is 26.9. The molecule has 3 N–H and O–H groups in total. The van der Waals surface area contributed by atoms with Gasteiger partial charge in [0.15, 0.2) is 6.29 Å². The van der Waals surface area contributed by atoms with Crippen molar-refractivity contribution in [1.82, 2.24) is 0 Å². The highest BCUT2D eigenvalue weighted by atomic mass is 16.5. The first-order valence-corrected chi connectivity index (χ1v) is 11.7. The molecular formula is C23H46O4. The normalized spacial score (nSPS) is 12.6. The predicted octanol–water partition coefficient (Wildman–Crippen LogP) is 6.43. The zero-order valence-corrected chi connectivity index (χ0v) is 17.8. The molecule has 0 aliphatic rings. The molecule has 0 aliphatic heterocycles. The van der Waals surface area contributed by atoms with Gasteiger partial charge in [-0.15, -0.1) is 0 Å². The fourth-order valence-electron chi connectivity index (χ4n) is 3.67. The first-order valence-electron chi connectivity index (χ1n) is 11.7. The van der Waals surface area contributed by atoms with Crippen molar-refractivity contribution in [3.8, 4) is 0 Å². The Morgan fingerprint density at radius 2 is 0.889 bits per heavy atom. The van der Waals surface area contributed by atoms with Gasteiger partial charge >= 0.3 is 5.97 Å². The monoisotopic (exact) mass is 386 g/mol. The molecule has 0 rings (SSSR count). The van der Waals surface area contributed by atoms with Crippen LogP contribution in [0.2, 0.25) is 0 Å². The third-order valence-electron chi connectivity index (χ3n) is 5.55. The second-order valence-corrected chi connectivity index (χ2v) is 8.16. The zero-order chi connectivity index (χ0) is 20.2. The highest BCUT2D eigenvalue weighted by Crippen LogP contribution is 2.16. The lowest BCUT2D eigenvalue weighted by Crippen LogP contribution is -2.27. The van der Waals surface area contributed by atoms with E-state index < -0.39 is 18.2 Å². The molecule has 0 spiro atoms. The van der Waals surface area contributed by atoms with Crippen LogP contribution in [0, 0.1) is 5.92 Å². The first-order chi connectivity index (χ1) is 13.1. The molecular weight excluding hydrogens is 340 g/mol. The van der Waals surface area contributed by atoms with Gasteiger partial charge in [-0.2, -0.15) is 0 Å². The maximum Gasteiger partial charge on any atom is 0.311 e. The first kappa shape index (κ1) is 26.4. The molecule has 27 heavy (non-hydrogen) atoms. The van der Waals surface area contributed by atoms with E-state index in [0.717, 1.165) is 19.3 Å². The fourth-order valence-corrected chi connectivity index (χ4v) is 3.67. The van der Waals surface area contributed by atoms with Crippen LogP contribution < -0.4 is 0 Å². The van der Waals surface area contributed by atoms with Crippen molar-refractivity contribution in [2.75, 3.05) is 0 Å². The third kappa shape index (κ3) is 18.5. The summed E-state index contributed by atoms with van der Waals surface area (Å²) in [6.45, 7) is 2.27. The maximum absolute atomic E-state index is 10.8. The van der Waals surface area contributed by atoms with E-state index in [1.807, 2.05) is 0 Å². The number of rotatable bonds is 21. The molecule has 4 nitrogen and oxygen atoms in total. The molecule has 0 aromatic heterocycles. The molecule has 0 fully saturated rings. The number of carbonyl (C=O) groups is 1. The number of unbranched alkanes of at least 4 members (excludes halogenated alkanes) is 17. The Hall–Kier alpha value is -0.610. The van der Waals surface area contributed by atoms with E-state index >= 15 is 0 Å². The van der Waals surface area contributed by atoms with Crippen molar-refractivity contribution in [3.63, 3.8) is 0 Å². The van der Waals surface area contributed by atoms with Gasteiger partial charge in [0.2, 0.25) is 0 Å². The van der Waals surface area contributed by atoms with E-state index in [0.29, 0.717) is 6.42 Å². The zero-order valence-electron chi connectivity index (χ0n) is 17.8. The van der Waals surface area contributed by atoms with E-state index in [1.165, 1.54) is 96.3 Å². The number of aliphatic hydroxyl groups is 2. The summed E-state index contributed by atoms with van der Waals surface area (Å²) in [5.41, 5.74) is 0. The topological polar surface area (TPSA) is 77.8 Å². The van der Waals surface area contributed by atoms with Crippen LogP contribution >= 0.6 is 0 Å². The number of aliphatic carboxylic acids is 1. The van der Waals surface area contributed by atoms with Gasteiger partial charge < -0.3 is 15.3 Å². The lowest BCUT2D eigenvalue weighted by molar-refractivity contribution is -0.159. The molecule has 1 unspecified atom stereocenters. The maximum atomic E-state index is 10.8. The van der Waals surface area contributed by atoms with Crippen LogP contribution in [0.25, 0.3) is 0 Å². The van der Waals surface area contributed by atoms with Gasteiger partial charge in [0.1, 0.15) is 5.92 Å². The van der Waals surface area contributed by atoms with Gasteiger partial charge in [0.25, 0.3) is 0 Å². The SMILES string of the molecule is CCCCCCCCCCCCCCCCCCCCC(C(=O)O)C(O)O. The Kier molecular flexibility index (Phi) is 19.7. The van der Waals surface area contributed by atoms with Crippen molar-refractivity contribution in [2.24, 2.45) is 5.92 Å². The number of aliphatic hydroxyl groups excluding tert-OH is 1. The second-order valence-electron chi connectivity index (χ2n) is 8.16. The molecule has 162 valence electrons. The van der Waals surface area contributed by atoms with Crippen molar-refractivity contribution in [1.29, 1.82) is 0 Å². The van der Waals surface area contributed by atoms with Crippen molar-refractivity contribution in [2.45, 2.75) is 135 Å². The fraction of sp³-hybridized carbons (Fsp3) is 0.957. The molecule has 4 heteroatoms. The van der Waals surface area contributed by atoms with Crippen molar-refractivity contribution in [3.05, 3.63) is 0 Å². The summed E-state index contributed by atoms with van der Waals surface area (Å²) in [6, 6.07) is 0. The lowest BCUT2D eigenvalue weighted by atomic mass is 9.99. The summed E-state index contributed by atoms with van der Waals surface area (Å²) < 4.78 is 0. The van der Waals surface area contributed by atoms with E-state index in [9.17, 15) is 4.79 Å². The molecule has 0 heterocycles. The van der Waals surface area contributed by atoms with Gasteiger partial charge in [0.05, 0.1) is 0 Å². The second kappa shape index (κ2) is 20.1. The van der Waals surface area contributed by atoms with Crippen LogP contribution in [0.3, 0.4) is 0 Å². The van der Waals surface area contributed by atoms with Gasteiger partial charge in [-0.05, 0) is 6.42 Å². The molecule has 0 radical (unpaired) electrons. The summed E-state index contributed by atoms with van der Waals surface area (Å²) in [4.78, 5) is 10.8. The van der Waals surface area contributed by atoms with Crippen LogP contribution in [0.15, 0.2) is 0 Å². The Labute approximate surface area is 167 Å². The minimum atomic E-state index is -1.74. The molecule has 0 aromatic carbocycles. The smallest absolute Gasteiger partial charge is 0.311 e. The average Bonchev–Trinajstić information content (AvgIpc) is 2.63. The van der Waals surface area contributed by atoms with Crippen LogP contribution in [0.1, 0.15) is 129 Å². The van der Waals surface area contributed by atoms with E-state index in [1.54, 1.807) is 0 Å².